The molecule has 0 radical (unpaired) electrons. The predicted octanol–water partition coefficient (Wildman–Crippen LogP) is 9.08. The molecule has 2 N–H and O–H groups in total. The summed E-state index contributed by atoms with van der Waals surface area (Å²) in [6.45, 7) is 17.7. The monoisotopic (exact) mass is 724 g/mol. The van der Waals surface area contributed by atoms with Crippen molar-refractivity contribution in [1.82, 2.24) is 29.7 Å². The van der Waals surface area contributed by atoms with Gasteiger partial charge >= 0.3 is 12.2 Å². The van der Waals surface area contributed by atoms with Crippen LogP contribution in [0.25, 0.3) is 33.6 Å². The highest BCUT2D eigenvalue weighted by Crippen LogP contribution is 2.43. The standard InChI is InChI=1S/C41H52N6O6/c1-39(2,3)52-37(48)46-17-9-11-31(46)35-42-21-29(44-35)25-13-15-27-28-16-14-26(20-34(28)51-24-41(7,8)23-50-33(27)19-25)30-22-43-36(45-30)32-12-10-18-47(32)38(49)53-40(4,5)6/h13-16,19-22,31-32H,9-12,17-18,23-24H2,1-8H3,(H,42,44)(H,43,45). The van der Waals surface area contributed by atoms with Crippen molar-refractivity contribution in [2.75, 3.05) is 26.3 Å². The molecule has 12 nitrogen and oxygen atoms in total. The fourth-order valence-electron chi connectivity index (χ4n) is 7.14. The summed E-state index contributed by atoms with van der Waals surface area (Å²) in [7, 11) is 0. The Balaban J connectivity index is 1.15. The molecule has 3 aliphatic heterocycles. The topological polar surface area (TPSA) is 135 Å². The molecule has 7 rings (SSSR count). The van der Waals surface area contributed by atoms with E-state index in [9.17, 15) is 9.59 Å². The zero-order valence-corrected chi connectivity index (χ0v) is 32.2. The molecule has 53 heavy (non-hydrogen) atoms. The van der Waals surface area contributed by atoms with Crippen LogP contribution < -0.4 is 9.47 Å². The van der Waals surface area contributed by atoms with Crippen molar-refractivity contribution in [2.24, 2.45) is 5.41 Å². The molecule has 5 heterocycles. The number of carbonyl (C=O) groups excluding carboxylic acids is 2. The van der Waals surface area contributed by atoms with Crippen LogP contribution in [0.5, 0.6) is 11.5 Å². The number of carbonyl (C=O) groups is 2. The van der Waals surface area contributed by atoms with E-state index in [-0.39, 0.29) is 29.7 Å². The molecule has 2 unspecified atom stereocenters. The van der Waals surface area contributed by atoms with Crippen LogP contribution in [0.3, 0.4) is 0 Å². The van der Waals surface area contributed by atoms with Gasteiger partial charge in [-0.2, -0.15) is 0 Å². The third kappa shape index (κ3) is 8.01. The molecule has 0 saturated carbocycles. The Bertz CT molecular complexity index is 1840. The number of fused-ring (bicyclic) bond motifs is 3. The summed E-state index contributed by atoms with van der Waals surface area (Å²) in [6.07, 6.45) is 6.42. The Hall–Kier alpha value is -5.00. The Morgan fingerprint density at radius 2 is 1.13 bits per heavy atom. The molecule has 2 saturated heterocycles. The van der Waals surface area contributed by atoms with E-state index < -0.39 is 11.2 Å². The second-order valence-electron chi connectivity index (χ2n) is 17.2. The summed E-state index contributed by atoms with van der Waals surface area (Å²) in [5.74, 6) is 2.98. The maximum Gasteiger partial charge on any atom is 0.410 e. The molecule has 0 aliphatic carbocycles. The minimum atomic E-state index is -0.567. The van der Waals surface area contributed by atoms with Crippen molar-refractivity contribution >= 4 is 12.2 Å². The Labute approximate surface area is 311 Å². The van der Waals surface area contributed by atoms with Gasteiger partial charge in [-0.3, -0.25) is 9.80 Å². The van der Waals surface area contributed by atoms with Gasteiger partial charge < -0.3 is 28.9 Å². The minimum Gasteiger partial charge on any atom is -0.492 e. The first-order valence-corrected chi connectivity index (χ1v) is 18.7. The molecular weight excluding hydrogens is 672 g/mol. The zero-order valence-electron chi connectivity index (χ0n) is 32.2. The number of hydrogen-bond donors (Lipinski definition) is 2. The normalized spacial score (nSPS) is 20.0. The van der Waals surface area contributed by atoms with Gasteiger partial charge in [-0.1, -0.05) is 26.0 Å². The summed E-state index contributed by atoms with van der Waals surface area (Å²) in [6, 6.07) is 12.0. The number of likely N-dealkylation sites (tertiary alicyclic amines) is 2. The van der Waals surface area contributed by atoms with Crippen LogP contribution in [0, 0.1) is 5.41 Å². The second-order valence-corrected chi connectivity index (χ2v) is 17.2. The van der Waals surface area contributed by atoms with E-state index in [1.807, 2.05) is 66.1 Å². The number of aromatic amines is 2. The van der Waals surface area contributed by atoms with E-state index >= 15 is 0 Å². The summed E-state index contributed by atoms with van der Waals surface area (Å²) >= 11 is 0. The molecule has 282 valence electrons. The van der Waals surface area contributed by atoms with Crippen molar-refractivity contribution in [3.05, 3.63) is 60.4 Å². The number of imidazole rings is 2. The van der Waals surface area contributed by atoms with Crippen LogP contribution in [0.4, 0.5) is 9.59 Å². The number of amides is 2. The van der Waals surface area contributed by atoms with Gasteiger partial charge in [-0.25, -0.2) is 19.6 Å². The second kappa shape index (κ2) is 13.8. The number of ether oxygens (including phenoxy) is 4. The van der Waals surface area contributed by atoms with Gasteiger partial charge in [0.1, 0.15) is 34.3 Å². The van der Waals surface area contributed by atoms with Gasteiger partial charge in [-0.05, 0) is 91.5 Å². The number of nitrogens with one attached hydrogen (secondary N) is 2. The van der Waals surface area contributed by atoms with E-state index in [4.69, 9.17) is 28.9 Å². The fourth-order valence-corrected chi connectivity index (χ4v) is 7.14. The van der Waals surface area contributed by atoms with Crippen molar-refractivity contribution < 1.29 is 28.5 Å². The van der Waals surface area contributed by atoms with Gasteiger partial charge in [0.25, 0.3) is 0 Å². The lowest BCUT2D eigenvalue weighted by Crippen LogP contribution is -2.36. The number of H-pyrrole nitrogens is 2. The maximum atomic E-state index is 13.0. The quantitative estimate of drug-likeness (QED) is 0.213. The highest BCUT2D eigenvalue weighted by molar-refractivity contribution is 5.81. The maximum absolute atomic E-state index is 13.0. The summed E-state index contributed by atoms with van der Waals surface area (Å²) in [4.78, 5) is 45.9. The predicted molar refractivity (Wildman–Crippen MR) is 202 cm³/mol. The number of nitrogens with zero attached hydrogens (tertiary/aromatic N) is 4. The summed E-state index contributed by atoms with van der Waals surface area (Å²) in [5.41, 5.74) is 3.98. The lowest BCUT2D eigenvalue weighted by atomic mass is 9.96. The molecule has 4 aromatic rings. The first-order valence-electron chi connectivity index (χ1n) is 18.7. The Morgan fingerprint density at radius 3 is 1.53 bits per heavy atom. The van der Waals surface area contributed by atoms with Crippen molar-refractivity contribution in [1.29, 1.82) is 0 Å². The van der Waals surface area contributed by atoms with Crippen LogP contribution in [0.2, 0.25) is 0 Å². The Kier molecular flexibility index (Phi) is 9.44. The van der Waals surface area contributed by atoms with Gasteiger partial charge in [0.2, 0.25) is 0 Å². The van der Waals surface area contributed by atoms with Crippen LogP contribution in [0.1, 0.15) is 105 Å². The third-order valence-corrected chi connectivity index (χ3v) is 9.70. The van der Waals surface area contributed by atoms with Crippen LogP contribution in [0.15, 0.2) is 48.8 Å². The molecule has 2 atom stereocenters. The average Bonchev–Trinajstić information content (AvgIpc) is 3.91. The van der Waals surface area contributed by atoms with Crippen molar-refractivity contribution in [3.63, 3.8) is 0 Å². The smallest absolute Gasteiger partial charge is 0.410 e. The largest absolute Gasteiger partial charge is 0.492 e. The summed E-state index contributed by atoms with van der Waals surface area (Å²) < 4.78 is 24.4. The molecule has 2 amide bonds. The molecular formula is C41H52N6O6. The van der Waals surface area contributed by atoms with Gasteiger partial charge in [0.05, 0.1) is 49.1 Å². The van der Waals surface area contributed by atoms with E-state index in [2.05, 4.69) is 48.1 Å². The molecule has 2 aromatic heterocycles. The molecule has 12 heteroatoms. The van der Waals surface area contributed by atoms with Crippen LogP contribution in [-0.4, -0.2) is 79.4 Å². The lowest BCUT2D eigenvalue weighted by molar-refractivity contribution is 0.0208. The molecule has 3 aliphatic rings. The van der Waals surface area contributed by atoms with E-state index in [0.717, 1.165) is 82.5 Å². The van der Waals surface area contributed by atoms with Crippen LogP contribution >= 0.6 is 0 Å². The highest BCUT2D eigenvalue weighted by Gasteiger charge is 2.36. The van der Waals surface area contributed by atoms with E-state index in [1.165, 1.54) is 0 Å². The lowest BCUT2D eigenvalue weighted by Gasteiger charge is -2.27. The fraction of sp³-hybridized carbons (Fsp3) is 0.512. The van der Waals surface area contributed by atoms with Gasteiger partial charge in [0.15, 0.2) is 0 Å². The van der Waals surface area contributed by atoms with E-state index in [0.29, 0.717) is 26.3 Å². The molecule has 0 bridgehead atoms. The Morgan fingerprint density at radius 1 is 0.717 bits per heavy atom. The molecule has 2 fully saturated rings. The van der Waals surface area contributed by atoms with Gasteiger partial charge in [-0.15, -0.1) is 0 Å². The first kappa shape index (κ1) is 36.4. The number of aromatic nitrogens is 4. The number of rotatable bonds is 4. The average molecular weight is 725 g/mol. The number of benzene rings is 2. The first-order chi connectivity index (χ1) is 25.0. The van der Waals surface area contributed by atoms with Crippen LogP contribution in [-0.2, 0) is 9.47 Å². The van der Waals surface area contributed by atoms with Crippen molar-refractivity contribution in [3.8, 4) is 45.1 Å². The highest BCUT2D eigenvalue weighted by atomic mass is 16.6. The number of hydrogen-bond acceptors (Lipinski definition) is 8. The van der Waals surface area contributed by atoms with Crippen molar-refractivity contribution in [2.45, 2.75) is 104 Å². The van der Waals surface area contributed by atoms with E-state index in [1.54, 1.807) is 9.80 Å². The minimum absolute atomic E-state index is 0.172. The zero-order chi connectivity index (χ0) is 37.7. The third-order valence-electron chi connectivity index (χ3n) is 9.70. The SMILES string of the molecule is CC1(C)COc2cc(-c3cnc(C4CCCN4C(=O)OC(C)(C)C)[nH]3)ccc2-c2ccc(-c3cnc(C4CCCN4C(=O)OC(C)(C)C)[nH]3)cc2OC1. The van der Waals surface area contributed by atoms with Gasteiger partial charge in [0, 0.05) is 40.8 Å². The molecule has 2 aromatic carbocycles. The summed E-state index contributed by atoms with van der Waals surface area (Å²) in [5, 5.41) is 0. The molecule has 0 spiro atoms.